The molecule has 1 unspecified atom stereocenters. The van der Waals surface area contributed by atoms with Gasteiger partial charge in [-0.15, -0.1) is 11.3 Å². The Morgan fingerprint density at radius 1 is 1.39 bits per heavy atom. The van der Waals surface area contributed by atoms with Crippen LogP contribution in [0.3, 0.4) is 0 Å². The Labute approximate surface area is 138 Å². The lowest BCUT2D eigenvalue weighted by atomic mass is 10.1. The van der Waals surface area contributed by atoms with Crippen molar-refractivity contribution in [2.75, 3.05) is 12.0 Å². The van der Waals surface area contributed by atoms with E-state index in [-0.39, 0.29) is 5.91 Å². The number of aryl methyl sites for hydroxylation is 2. The molecular formula is C17H18N2O3S. The highest BCUT2D eigenvalue weighted by atomic mass is 32.1. The number of benzene rings is 1. The van der Waals surface area contributed by atoms with E-state index >= 15 is 0 Å². The number of anilines is 1. The Hall–Kier alpha value is -2.21. The Morgan fingerprint density at radius 2 is 2.13 bits per heavy atom. The van der Waals surface area contributed by atoms with Crippen LogP contribution in [-0.4, -0.2) is 30.0 Å². The maximum absolute atomic E-state index is 13.1. The molecule has 0 saturated heterocycles. The van der Waals surface area contributed by atoms with E-state index in [1.807, 2.05) is 38.1 Å². The highest BCUT2D eigenvalue weighted by Crippen LogP contribution is 2.35. The second kappa shape index (κ2) is 6.12. The van der Waals surface area contributed by atoms with Crippen molar-refractivity contribution in [1.29, 1.82) is 0 Å². The number of carbonyl (C=O) groups is 2. The van der Waals surface area contributed by atoms with Gasteiger partial charge in [0.2, 0.25) is 0 Å². The molecule has 5 nitrogen and oxygen atoms in total. The number of amides is 1. The quantitative estimate of drug-likeness (QED) is 0.812. The summed E-state index contributed by atoms with van der Waals surface area (Å²) in [5.41, 5.74) is 2.47. The van der Waals surface area contributed by atoms with Crippen molar-refractivity contribution in [3.05, 3.63) is 45.4 Å². The zero-order chi connectivity index (χ0) is 16.6. The van der Waals surface area contributed by atoms with E-state index in [2.05, 4.69) is 4.98 Å². The van der Waals surface area contributed by atoms with Crippen LogP contribution in [0, 0.1) is 6.92 Å². The minimum absolute atomic E-state index is 0.181. The number of esters is 1. The second-order valence-electron chi connectivity index (χ2n) is 5.42. The number of thiazole rings is 1. The van der Waals surface area contributed by atoms with Gasteiger partial charge in [-0.3, -0.25) is 9.69 Å². The van der Waals surface area contributed by atoms with E-state index < -0.39 is 12.0 Å². The Balaban J connectivity index is 2.04. The van der Waals surface area contributed by atoms with E-state index in [1.165, 1.54) is 18.4 Å². The average molecular weight is 330 g/mol. The molecule has 0 saturated carbocycles. The Morgan fingerprint density at radius 3 is 2.78 bits per heavy atom. The monoisotopic (exact) mass is 330 g/mol. The molecule has 1 amide bonds. The van der Waals surface area contributed by atoms with Gasteiger partial charge < -0.3 is 4.74 Å². The van der Waals surface area contributed by atoms with Gasteiger partial charge in [0.25, 0.3) is 5.91 Å². The fourth-order valence-corrected chi connectivity index (χ4v) is 3.81. The van der Waals surface area contributed by atoms with Crippen LogP contribution >= 0.6 is 11.3 Å². The highest BCUT2D eigenvalue weighted by Gasteiger charge is 2.40. The number of ether oxygens (including phenoxy) is 1. The second-order valence-corrected chi connectivity index (χ2v) is 6.51. The summed E-state index contributed by atoms with van der Waals surface area (Å²) in [6.07, 6.45) is 1.27. The van der Waals surface area contributed by atoms with E-state index in [4.69, 9.17) is 4.74 Å². The third-order valence-corrected chi connectivity index (χ3v) is 5.30. The Kier molecular flexibility index (Phi) is 4.17. The molecule has 2 aromatic rings. The SMILES string of the molecule is CCc1nc(C)c(C(=O)N2c3ccccc3CC2C(=O)OC)s1. The molecule has 0 radical (unpaired) electrons. The highest BCUT2D eigenvalue weighted by molar-refractivity contribution is 7.14. The number of hydrogen-bond acceptors (Lipinski definition) is 5. The fraction of sp³-hybridized carbons (Fsp3) is 0.353. The molecule has 0 bridgehead atoms. The van der Waals surface area contributed by atoms with E-state index in [9.17, 15) is 9.59 Å². The van der Waals surface area contributed by atoms with E-state index in [0.29, 0.717) is 17.0 Å². The molecule has 1 aliphatic heterocycles. The first-order valence-electron chi connectivity index (χ1n) is 7.52. The maximum atomic E-state index is 13.1. The average Bonchev–Trinajstić information content (AvgIpc) is 3.14. The van der Waals surface area contributed by atoms with Gasteiger partial charge in [0.05, 0.1) is 17.8 Å². The number of para-hydroxylation sites is 1. The van der Waals surface area contributed by atoms with Crippen LogP contribution in [0.15, 0.2) is 24.3 Å². The summed E-state index contributed by atoms with van der Waals surface area (Å²) in [4.78, 5) is 31.8. The fourth-order valence-electron chi connectivity index (χ4n) is 2.87. The number of methoxy groups -OCH3 is 1. The first kappa shape index (κ1) is 15.7. The predicted molar refractivity (Wildman–Crippen MR) is 89.0 cm³/mol. The molecule has 3 rings (SSSR count). The molecule has 0 N–H and O–H groups in total. The van der Waals surface area contributed by atoms with Crippen LogP contribution in [0.4, 0.5) is 5.69 Å². The van der Waals surface area contributed by atoms with Crippen LogP contribution < -0.4 is 4.90 Å². The number of fused-ring (bicyclic) bond motifs is 1. The lowest BCUT2D eigenvalue weighted by molar-refractivity contribution is -0.141. The van der Waals surface area contributed by atoms with Gasteiger partial charge in [0.15, 0.2) is 0 Å². The molecule has 0 aliphatic carbocycles. The van der Waals surface area contributed by atoms with Crippen molar-refractivity contribution in [2.45, 2.75) is 32.7 Å². The normalized spacial score (nSPS) is 16.3. The molecule has 120 valence electrons. The first-order valence-corrected chi connectivity index (χ1v) is 8.34. The molecule has 2 heterocycles. The van der Waals surface area contributed by atoms with Crippen LogP contribution in [0.2, 0.25) is 0 Å². The van der Waals surface area contributed by atoms with Gasteiger partial charge >= 0.3 is 5.97 Å². The summed E-state index contributed by atoms with van der Waals surface area (Å²) in [6.45, 7) is 3.84. The molecule has 0 fully saturated rings. The zero-order valence-electron chi connectivity index (χ0n) is 13.3. The van der Waals surface area contributed by atoms with Crippen molar-refractivity contribution < 1.29 is 14.3 Å². The minimum atomic E-state index is -0.614. The smallest absolute Gasteiger partial charge is 0.329 e. The summed E-state index contributed by atoms with van der Waals surface area (Å²) in [6, 6.07) is 6.98. The molecule has 1 atom stereocenters. The molecule has 1 aromatic heterocycles. The van der Waals surface area contributed by atoms with Crippen LogP contribution in [0.5, 0.6) is 0 Å². The number of hydrogen-bond donors (Lipinski definition) is 0. The van der Waals surface area contributed by atoms with Gasteiger partial charge in [0.1, 0.15) is 10.9 Å². The van der Waals surface area contributed by atoms with Gasteiger partial charge in [-0.05, 0) is 25.0 Å². The number of carbonyl (C=O) groups excluding carboxylic acids is 2. The predicted octanol–water partition coefficient (Wildman–Crippen LogP) is 2.76. The van der Waals surface area contributed by atoms with Crippen LogP contribution in [-0.2, 0) is 22.4 Å². The summed E-state index contributed by atoms with van der Waals surface area (Å²) >= 11 is 1.40. The maximum Gasteiger partial charge on any atom is 0.329 e. The minimum Gasteiger partial charge on any atom is -0.467 e. The number of aromatic nitrogens is 1. The van der Waals surface area contributed by atoms with Crippen LogP contribution in [0.1, 0.15) is 32.9 Å². The topological polar surface area (TPSA) is 59.5 Å². The molecule has 1 aliphatic rings. The van der Waals surface area contributed by atoms with Crippen molar-refractivity contribution in [3.8, 4) is 0 Å². The summed E-state index contributed by atoms with van der Waals surface area (Å²) in [5, 5.41) is 0.924. The lowest BCUT2D eigenvalue weighted by Gasteiger charge is -2.23. The molecule has 6 heteroatoms. The molecule has 1 aromatic carbocycles. The summed E-state index contributed by atoms with van der Waals surface area (Å²) in [7, 11) is 1.35. The molecule has 0 spiro atoms. The first-order chi connectivity index (χ1) is 11.1. The molecule has 23 heavy (non-hydrogen) atoms. The third-order valence-electron chi connectivity index (χ3n) is 4.01. The van der Waals surface area contributed by atoms with Gasteiger partial charge in [0, 0.05) is 12.1 Å². The van der Waals surface area contributed by atoms with Gasteiger partial charge in [-0.1, -0.05) is 25.1 Å². The van der Waals surface area contributed by atoms with Crippen molar-refractivity contribution >= 4 is 28.9 Å². The van der Waals surface area contributed by atoms with E-state index in [0.717, 1.165) is 22.7 Å². The zero-order valence-corrected chi connectivity index (χ0v) is 14.1. The summed E-state index contributed by atoms with van der Waals surface area (Å²) in [5.74, 6) is -0.576. The van der Waals surface area contributed by atoms with Gasteiger partial charge in [-0.25, -0.2) is 9.78 Å². The largest absolute Gasteiger partial charge is 0.467 e. The van der Waals surface area contributed by atoms with Crippen molar-refractivity contribution in [3.63, 3.8) is 0 Å². The third kappa shape index (κ3) is 2.63. The Bertz CT molecular complexity index is 769. The van der Waals surface area contributed by atoms with Gasteiger partial charge in [-0.2, -0.15) is 0 Å². The standard InChI is InChI=1S/C17H18N2O3S/c1-4-14-18-10(2)15(23-14)16(20)19-12-8-6-5-7-11(12)9-13(19)17(21)22-3/h5-8,13H,4,9H2,1-3H3. The van der Waals surface area contributed by atoms with Crippen molar-refractivity contribution in [2.24, 2.45) is 0 Å². The van der Waals surface area contributed by atoms with Crippen molar-refractivity contribution in [1.82, 2.24) is 4.98 Å². The summed E-state index contributed by atoms with van der Waals surface area (Å²) < 4.78 is 4.89. The van der Waals surface area contributed by atoms with E-state index in [1.54, 1.807) is 4.90 Å². The number of rotatable bonds is 3. The number of nitrogens with zero attached hydrogens (tertiary/aromatic N) is 2. The van der Waals surface area contributed by atoms with Crippen LogP contribution in [0.25, 0.3) is 0 Å². The molecular weight excluding hydrogens is 312 g/mol. The lowest BCUT2D eigenvalue weighted by Crippen LogP contribution is -2.43.